The Morgan fingerprint density at radius 2 is 2.00 bits per heavy atom. The zero-order chi connectivity index (χ0) is 11.4. The van der Waals surface area contributed by atoms with Crippen LogP contribution in [-0.2, 0) is 0 Å². The minimum Gasteiger partial charge on any atom is -0.310 e. The third kappa shape index (κ3) is 2.78. The second kappa shape index (κ2) is 5.50. The highest BCUT2D eigenvalue weighted by Crippen LogP contribution is 2.32. The fraction of sp³-hybridized carbons (Fsp3) is 1.00. The Balaban J connectivity index is 1.97. The van der Waals surface area contributed by atoms with E-state index in [0.717, 1.165) is 6.04 Å². The first-order valence-corrected chi connectivity index (χ1v) is 7.25. The maximum atomic E-state index is 3.84. The van der Waals surface area contributed by atoms with Crippen LogP contribution < -0.4 is 5.32 Å². The van der Waals surface area contributed by atoms with E-state index >= 15 is 0 Å². The highest BCUT2D eigenvalue weighted by atomic mass is 15.2. The van der Waals surface area contributed by atoms with E-state index in [9.17, 15) is 0 Å². The molecule has 2 aliphatic rings. The van der Waals surface area contributed by atoms with Gasteiger partial charge in [0, 0.05) is 18.1 Å². The van der Waals surface area contributed by atoms with Crippen molar-refractivity contribution in [3.8, 4) is 0 Å². The molecular weight excluding hydrogens is 196 g/mol. The molecule has 2 heteroatoms. The maximum Gasteiger partial charge on any atom is 0.0308 e. The van der Waals surface area contributed by atoms with Crippen LogP contribution in [0.5, 0.6) is 0 Å². The molecule has 1 spiro atoms. The van der Waals surface area contributed by atoms with Crippen molar-refractivity contribution in [3.05, 3.63) is 0 Å². The van der Waals surface area contributed by atoms with Crippen molar-refractivity contribution in [2.24, 2.45) is 0 Å². The van der Waals surface area contributed by atoms with Gasteiger partial charge in [0.1, 0.15) is 0 Å². The summed E-state index contributed by atoms with van der Waals surface area (Å²) < 4.78 is 0. The largest absolute Gasteiger partial charge is 0.310 e. The van der Waals surface area contributed by atoms with Gasteiger partial charge in [0.05, 0.1) is 0 Å². The Hall–Kier alpha value is -0.0800. The normalized spacial score (nSPS) is 28.1. The smallest absolute Gasteiger partial charge is 0.0308 e. The van der Waals surface area contributed by atoms with E-state index in [1.54, 1.807) is 0 Å². The monoisotopic (exact) mass is 224 g/mol. The molecule has 2 fully saturated rings. The molecule has 1 unspecified atom stereocenters. The van der Waals surface area contributed by atoms with E-state index in [1.165, 1.54) is 64.6 Å². The molecule has 2 rings (SSSR count). The molecule has 1 aliphatic heterocycles. The fourth-order valence-electron chi connectivity index (χ4n) is 3.52. The van der Waals surface area contributed by atoms with Crippen LogP contribution in [0.25, 0.3) is 0 Å². The third-order valence-electron chi connectivity index (χ3n) is 4.52. The number of rotatable bonds is 3. The van der Waals surface area contributed by atoms with Gasteiger partial charge < -0.3 is 5.32 Å². The molecule has 1 aliphatic carbocycles. The molecule has 1 saturated carbocycles. The average Bonchev–Trinajstić information content (AvgIpc) is 2.60. The molecule has 2 nitrogen and oxygen atoms in total. The zero-order valence-electron chi connectivity index (χ0n) is 11.1. The van der Waals surface area contributed by atoms with Gasteiger partial charge in [-0.1, -0.05) is 26.2 Å². The minimum atomic E-state index is 0.485. The Bertz CT molecular complexity index is 209. The van der Waals surface area contributed by atoms with Crippen molar-refractivity contribution < 1.29 is 0 Å². The highest BCUT2D eigenvalue weighted by molar-refractivity contribution is 4.97. The van der Waals surface area contributed by atoms with E-state index in [4.69, 9.17) is 0 Å². The lowest BCUT2D eigenvalue weighted by atomic mass is 9.96. The molecule has 16 heavy (non-hydrogen) atoms. The van der Waals surface area contributed by atoms with Crippen LogP contribution in [0.15, 0.2) is 0 Å². The predicted molar refractivity (Wildman–Crippen MR) is 69.8 cm³/mol. The van der Waals surface area contributed by atoms with Gasteiger partial charge in [-0.3, -0.25) is 4.90 Å². The second-order valence-corrected chi connectivity index (χ2v) is 5.88. The lowest BCUT2D eigenvalue weighted by molar-refractivity contribution is 0.158. The van der Waals surface area contributed by atoms with Gasteiger partial charge in [0.15, 0.2) is 0 Å². The van der Waals surface area contributed by atoms with Crippen LogP contribution >= 0.6 is 0 Å². The lowest BCUT2D eigenvalue weighted by Gasteiger charge is -2.36. The van der Waals surface area contributed by atoms with E-state index in [0.29, 0.717) is 5.54 Å². The molecule has 0 amide bonds. The summed E-state index contributed by atoms with van der Waals surface area (Å²) in [4.78, 5) is 2.74. The number of hydrogen-bond acceptors (Lipinski definition) is 2. The van der Waals surface area contributed by atoms with Gasteiger partial charge in [0.25, 0.3) is 0 Å². The van der Waals surface area contributed by atoms with Crippen LogP contribution in [-0.4, -0.2) is 36.1 Å². The Labute approximate surface area is 101 Å². The molecule has 0 radical (unpaired) electrons. The zero-order valence-corrected chi connectivity index (χ0v) is 11.1. The average molecular weight is 224 g/mol. The summed E-state index contributed by atoms with van der Waals surface area (Å²) in [6.07, 6.45) is 9.68. The van der Waals surface area contributed by atoms with Crippen molar-refractivity contribution in [1.29, 1.82) is 0 Å². The summed E-state index contributed by atoms with van der Waals surface area (Å²) in [7, 11) is 0. The Kier molecular flexibility index (Phi) is 4.26. The molecular formula is C14H28N2. The van der Waals surface area contributed by atoms with Gasteiger partial charge in [-0.25, -0.2) is 0 Å². The fourth-order valence-corrected chi connectivity index (χ4v) is 3.52. The first-order chi connectivity index (χ1) is 7.76. The van der Waals surface area contributed by atoms with E-state index in [1.807, 2.05) is 0 Å². The first-order valence-electron chi connectivity index (χ1n) is 7.25. The minimum absolute atomic E-state index is 0.485. The van der Waals surface area contributed by atoms with Crippen LogP contribution in [0, 0.1) is 0 Å². The number of hydrogen-bond donors (Lipinski definition) is 1. The van der Waals surface area contributed by atoms with Crippen molar-refractivity contribution in [2.45, 2.75) is 70.4 Å². The van der Waals surface area contributed by atoms with Gasteiger partial charge >= 0.3 is 0 Å². The summed E-state index contributed by atoms with van der Waals surface area (Å²) in [6, 6.07) is 0.780. The molecule has 1 heterocycles. The second-order valence-electron chi connectivity index (χ2n) is 5.88. The molecule has 1 N–H and O–H groups in total. The van der Waals surface area contributed by atoms with Gasteiger partial charge in [-0.2, -0.15) is 0 Å². The molecule has 0 aromatic rings. The predicted octanol–water partition coefficient (Wildman–Crippen LogP) is 2.78. The first kappa shape index (κ1) is 12.4. The van der Waals surface area contributed by atoms with Crippen molar-refractivity contribution in [1.82, 2.24) is 10.2 Å². The molecule has 94 valence electrons. The van der Waals surface area contributed by atoms with Crippen molar-refractivity contribution in [2.75, 3.05) is 19.6 Å². The molecule has 1 saturated heterocycles. The maximum absolute atomic E-state index is 3.84. The SMILES string of the molecule is CCCC(C)N1CCCNC2(CCCC2)C1. The van der Waals surface area contributed by atoms with Gasteiger partial charge in [-0.15, -0.1) is 0 Å². The molecule has 0 aromatic heterocycles. The molecule has 0 aromatic carbocycles. The van der Waals surface area contributed by atoms with Gasteiger partial charge in [0.2, 0.25) is 0 Å². The van der Waals surface area contributed by atoms with Gasteiger partial charge in [-0.05, 0) is 45.7 Å². The van der Waals surface area contributed by atoms with Crippen molar-refractivity contribution in [3.63, 3.8) is 0 Å². The van der Waals surface area contributed by atoms with Crippen LogP contribution in [0.4, 0.5) is 0 Å². The highest BCUT2D eigenvalue weighted by Gasteiger charge is 2.37. The lowest BCUT2D eigenvalue weighted by Crippen LogP contribution is -2.51. The molecule has 1 atom stereocenters. The van der Waals surface area contributed by atoms with E-state index in [2.05, 4.69) is 24.1 Å². The summed E-state index contributed by atoms with van der Waals surface area (Å²) in [5.74, 6) is 0. The third-order valence-corrected chi connectivity index (χ3v) is 4.52. The van der Waals surface area contributed by atoms with Crippen LogP contribution in [0.1, 0.15) is 58.8 Å². The topological polar surface area (TPSA) is 15.3 Å². The van der Waals surface area contributed by atoms with E-state index in [-0.39, 0.29) is 0 Å². The van der Waals surface area contributed by atoms with Crippen LogP contribution in [0.2, 0.25) is 0 Å². The summed E-state index contributed by atoms with van der Waals surface area (Å²) >= 11 is 0. The molecule has 0 bridgehead atoms. The summed E-state index contributed by atoms with van der Waals surface area (Å²) in [6.45, 7) is 8.55. The van der Waals surface area contributed by atoms with Crippen molar-refractivity contribution >= 4 is 0 Å². The Morgan fingerprint density at radius 3 is 2.69 bits per heavy atom. The quantitative estimate of drug-likeness (QED) is 0.793. The number of nitrogens with zero attached hydrogens (tertiary/aromatic N) is 1. The summed E-state index contributed by atoms with van der Waals surface area (Å²) in [5, 5.41) is 3.84. The summed E-state index contributed by atoms with van der Waals surface area (Å²) in [5.41, 5.74) is 0.485. The Morgan fingerprint density at radius 1 is 1.25 bits per heavy atom. The number of nitrogens with one attached hydrogen (secondary N) is 1. The standard InChI is InChI=1S/C14H28N2/c1-3-7-13(2)16-11-6-10-15-14(12-16)8-4-5-9-14/h13,15H,3-12H2,1-2H3. The van der Waals surface area contributed by atoms with Crippen LogP contribution in [0.3, 0.4) is 0 Å². The van der Waals surface area contributed by atoms with E-state index < -0.39 is 0 Å².